The molecule has 3 N–H and O–H groups in total. The fourth-order valence-corrected chi connectivity index (χ4v) is 4.48. The van der Waals surface area contributed by atoms with Crippen LogP contribution in [0.1, 0.15) is 31.8 Å². The van der Waals surface area contributed by atoms with Gasteiger partial charge in [0, 0.05) is 10.6 Å². The highest BCUT2D eigenvalue weighted by molar-refractivity contribution is 7.73. The average molecular weight is 334 g/mol. The molecule has 0 fully saturated rings. The van der Waals surface area contributed by atoms with Crippen molar-refractivity contribution in [3.8, 4) is 0 Å². The smallest absolute Gasteiger partial charge is 0.335 e. The standard InChI is InChI=1S/C16H15O6P/c1-9-11(15(17)18)5-3-7-13(9)23(21,22)14-8-4-6-12(10(14)2)16(19)20/h3-8H,1-2H3,(H,17,18)(H,19,20)(H,21,22). The van der Waals surface area contributed by atoms with Crippen LogP contribution in [-0.2, 0) is 4.57 Å². The molecule has 6 nitrogen and oxygen atoms in total. The summed E-state index contributed by atoms with van der Waals surface area (Å²) in [6.45, 7) is 2.91. The van der Waals surface area contributed by atoms with Crippen LogP contribution in [0.15, 0.2) is 36.4 Å². The van der Waals surface area contributed by atoms with Crippen molar-refractivity contribution in [1.82, 2.24) is 0 Å². The number of aromatic carboxylic acids is 2. The largest absolute Gasteiger partial charge is 0.478 e. The molecule has 0 spiro atoms. The van der Waals surface area contributed by atoms with E-state index in [4.69, 9.17) is 10.2 Å². The van der Waals surface area contributed by atoms with Crippen molar-refractivity contribution in [2.75, 3.05) is 0 Å². The van der Waals surface area contributed by atoms with E-state index in [0.29, 0.717) is 0 Å². The molecule has 0 atom stereocenters. The fourth-order valence-electron chi connectivity index (χ4n) is 2.50. The highest BCUT2D eigenvalue weighted by Gasteiger charge is 2.30. The number of rotatable bonds is 4. The van der Waals surface area contributed by atoms with Gasteiger partial charge in [-0.15, -0.1) is 0 Å². The van der Waals surface area contributed by atoms with Gasteiger partial charge in [0.1, 0.15) is 0 Å². The van der Waals surface area contributed by atoms with Gasteiger partial charge < -0.3 is 15.1 Å². The van der Waals surface area contributed by atoms with Crippen LogP contribution in [0.4, 0.5) is 0 Å². The summed E-state index contributed by atoms with van der Waals surface area (Å²) in [5.74, 6) is -2.39. The molecule has 0 aromatic heterocycles. The number of carbonyl (C=O) groups is 2. The first-order chi connectivity index (χ1) is 10.7. The first-order valence-corrected chi connectivity index (χ1v) is 8.33. The molecule has 0 heterocycles. The SMILES string of the molecule is Cc1c(C(=O)O)cccc1P(=O)(O)c1cccc(C(=O)O)c1C. The minimum absolute atomic E-state index is 0.0111. The van der Waals surface area contributed by atoms with E-state index in [0.717, 1.165) is 0 Å². The van der Waals surface area contributed by atoms with Crippen LogP contribution in [0.2, 0.25) is 0 Å². The summed E-state index contributed by atoms with van der Waals surface area (Å²) in [7, 11) is -4.13. The lowest BCUT2D eigenvalue weighted by molar-refractivity contribution is 0.0685. The maximum absolute atomic E-state index is 13.0. The molecule has 0 unspecified atom stereocenters. The van der Waals surface area contributed by atoms with Gasteiger partial charge in [0.25, 0.3) is 7.37 Å². The van der Waals surface area contributed by atoms with Crippen LogP contribution < -0.4 is 10.6 Å². The Hall–Kier alpha value is -2.43. The van der Waals surface area contributed by atoms with Crippen molar-refractivity contribution < 1.29 is 29.3 Å². The molecular weight excluding hydrogens is 319 g/mol. The molecule has 0 amide bonds. The highest BCUT2D eigenvalue weighted by atomic mass is 31.2. The normalized spacial score (nSPS) is 11.3. The molecule has 0 bridgehead atoms. The van der Waals surface area contributed by atoms with E-state index in [1.54, 1.807) is 0 Å². The van der Waals surface area contributed by atoms with E-state index < -0.39 is 19.3 Å². The van der Waals surface area contributed by atoms with Gasteiger partial charge in [-0.25, -0.2) is 9.59 Å². The molecule has 0 aliphatic carbocycles. The molecular formula is C16H15O6P. The molecule has 0 aliphatic heterocycles. The van der Waals surface area contributed by atoms with Crippen molar-refractivity contribution in [3.63, 3.8) is 0 Å². The summed E-state index contributed by atoms with van der Waals surface area (Å²) >= 11 is 0. The average Bonchev–Trinajstić information content (AvgIpc) is 2.46. The molecule has 2 aromatic rings. The zero-order valence-corrected chi connectivity index (χ0v) is 13.4. The molecule has 0 aliphatic rings. The zero-order valence-electron chi connectivity index (χ0n) is 12.5. The van der Waals surface area contributed by atoms with Crippen LogP contribution >= 0.6 is 7.37 Å². The molecule has 0 saturated heterocycles. The Morgan fingerprint density at radius 3 is 1.48 bits per heavy atom. The Morgan fingerprint density at radius 2 is 1.17 bits per heavy atom. The quantitative estimate of drug-likeness (QED) is 0.737. The van der Waals surface area contributed by atoms with Gasteiger partial charge in [-0.05, 0) is 49.2 Å². The Bertz CT molecular complexity index is 788. The van der Waals surface area contributed by atoms with Crippen molar-refractivity contribution in [1.29, 1.82) is 0 Å². The lowest BCUT2D eigenvalue weighted by Gasteiger charge is -2.18. The minimum Gasteiger partial charge on any atom is -0.478 e. The van der Waals surface area contributed by atoms with E-state index in [1.807, 2.05) is 0 Å². The number of carboxylic acid groups (broad SMARTS) is 2. The number of carboxylic acids is 2. The Labute approximate surface area is 132 Å². The predicted molar refractivity (Wildman–Crippen MR) is 85.4 cm³/mol. The van der Waals surface area contributed by atoms with Crippen molar-refractivity contribution in [3.05, 3.63) is 58.7 Å². The van der Waals surface area contributed by atoms with Crippen LogP contribution in [0.25, 0.3) is 0 Å². The predicted octanol–water partition coefficient (Wildman–Crippen LogP) is 1.92. The summed E-state index contributed by atoms with van der Waals surface area (Å²) in [5, 5.41) is 18.3. The Morgan fingerprint density at radius 1 is 0.826 bits per heavy atom. The Kier molecular flexibility index (Phi) is 4.41. The summed E-state index contributed by atoms with van der Waals surface area (Å²) in [5.41, 5.74) is 0.240. The van der Waals surface area contributed by atoms with Gasteiger partial charge >= 0.3 is 11.9 Å². The number of benzene rings is 2. The van der Waals surface area contributed by atoms with Crippen LogP contribution in [0, 0.1) is 13.8 Å². The first-order valence-electron chi connectivity index (χ1n) is 6.67. The molecule has 7 heteroatoms. The van der Waals surface area contributed by atoms with Gasteiger partial charge in [-0.1, -0.05) is 12.1 Å². The summed E-state index contributed by atoms with van der Waals surface area (Å²) in [4.78, 5) is 33.0. The summed E-state index contributed by atoms with van der Waals surface area (Å²) in [6.07, 6.45) is 0. The highest BCUT2D eigenvalue weighted by Crippen LogP contribution is 2.41. The van der Waals surface area contributed by atoms with E-state index in [-0.39, 0.29) is 32.9 Å². The molecule has 2 aromatic carbocycles. The second kappa shape index (κ2) is 5.99. The molecule has 2 rings (SSSR count). The maximum Gasteiger partial charge on any atom is 0.335 e. The lowest BCUT2D eigenvalue weighted by atomic mass is 10.1. The monoisotopic (exact) mass is 334 g/mol. The second-order valence-electron chi connectivity index (χ2n) is 5.09. The summed E-state index contributed by atoms with van der Waals surface area (Å²) < 4.78 is 13.0. The maximum atomic E-state index is 13.0. The van der Waals surface area contributed by atoms with Crippen molar-refractivity contribution >= 4 is 29.9 Å². The second-order valence-corrected chi connectivity index (χ2v) is 7.20. The third-order valence-electron chi connectivity index (χ3n) is 3.72. The van der Waals surface area contributed by atoms with Crippen molar-refractivity contribution in [2.24, 2.45) is 0 Å². The number of hydrogen-bond acceptors (Lipinski definition) is 3. The van der Waals surface area contributed by atoms with Crippen molar-refractivity contribution in [2.45, 2.75) is 13.8 Å². The van der Waals surface area contributed by atoms with Gasteiger partial charge in [0.2, 0.25) is 0 Å². The van der Waals surface area contributed by atoms with E-state index in [9.17, 15) is 19.0 Å². The van der Waals surface area contributed by atoms with Crippen LogP contribution in [0.5, 0.6) is 0 Å². The van der Waals surface area contributed by atoms with Gasteiger partial charge in [0.05, 0.1) is 11.1 Å². The molecule has 120 valence electrons. The zero-order chi connectivity index (χ0) is 17.4. The van der Waals surface area contributed by atoms with Gasteiger partial charge in [-0.2, -0.15) is 0 Å². The third kappa shape index (κ3) is 2.91. The van der Waals surface area contributed by atoms with E-state index in [2.05, 4.69) is 0 Å². The van der Waals surface area contributed by atoms with Gasteiger partial charge in [-0.3, -0.25) is 4.57 Å². The topological polar surface area (TPSA) is 112 Å². The number of hydrogen-bond donors (Lipinski definition) is 3. The fraction of sp³-hybridized carbons (Fsp3) is 0.125. The molecule has 0 radical (unpaired) electrons. The van der Waals surface area contributed by atoms with Gasteiger partial charge in [0.15, 0.2) is 0 Å². The Balaban J connectivity index is 2.72. The van der Waals surface area contributed by atoms with E-state index in [1.165, 1.54) is 50.2 Å². The van der Waals surface area contributed by atoms with Crippen LogP contribution in [0.3, 0.4) is 0 Å². The first kappa shape index (κ1) is 16.9. The molecule has 23 heavy (non-hydrogen) atoms. The van der Waals surface area contributed by atoms with Crippen LogP contribution in [-0.4, -0.2) is 27.0 Å². The van der Waals surface area contributed by atoms with E-state index >= 15 is 0 Å². The summed E-state index contributed by atoms with van der Waals surface area (Å²) in [6, 6.07) is 8.25. The third-order valence-corrected chi connectivity index (χ3v) is 6.00. The molecule has 0 saturated carbocycles. The minimum atomic E-state index is -4.13. The lowest BCUT2D eigenvalue weighted by Crippen LogP contribution is -2.23.